The molecule has 0 aromatic heterocycles. The van der Waals surface area contributed by atoms with E-state index in [0.717, 1.165) is 0 Å². The van der Waals surface area contributed by atoms with Crippen molar-refractivity contribution in [1.29, 1.82) is 0 Å². The molecule has 0 N–H and O–H groups in total. The van der Waals surface area contributed by atoms with E-state index >= 15 is 0 Å². The van der Waals surface area contributed by atoms with Crippen molar-refractivity contribution >= 4 is 17.7 Å². The summed E-state index contributed by atoms with van der Waals surface area (Å²) in [6.07, 6.45) is -0.412. The quantitative estimate of drug-likeness (QED) is 0.832. The molecule has 0 saturated heterocycles. The minimum Gasteiger partial charge on any atom is -0.497 e. The first kappa shape index (κ1) is 13.6. The fourth-order valence-electron chi connectivity index (χ4n) is 1.33. The van der Waals surface area contributed by atoms with Crippen molar-refractivity contribution in [3.63, 3.8) is 0 Å². The SMILES string of the molecule is CCN(CC)C(=O)Oc1cc(OC)ccc1Cl. The fraction of sp³-hybridized carbons (Fsp3) is 0.417. The number of ether oxygens (including phenoxy) is 2. The molecule has 1 aromatic carbocycles. The molecular formula is C12H16ClNO3. The van der Waals surface area contributed by atoms with Crippen LogP contribution in [0.2, 0.25) is 5.02 Å². The number of halogens is 1. The van der Waals surface area contributed by atoms with Gasteiger partial charge in [-0.15, -0.1) is 0 Å². The highest BCUT2D eigenvalue weighted by atomic mass is 35.5. The van der Waals surface area contributed by atoms with Crippen LogP contribution in [0, 0.1) is 0 Å². The Hall–Kier alpha value is -1.42. The van der Waals surface area contributed by atoms with Gasteiger partial charge in [0.15, 0.2) is 5.75 Å². The normalized spacial score (nSPS) is 9.88. The number of rotatable bonds is 4. The number of carbonyl (C=O) groups is 1. The zero-order chi connectivity index (χ0) is 12.8. The molecule has 0 heterocycles. The molecule has 94 valence electrons. The first-order valence-electron chi connectivity index (χ1n) is 5.42. The smallest absolute Gasteiger partial charge is 0.415 e. The van der Waals surface area contributed by atoms with Gasteiger partial charge in [-0.1, -0.05) is 11.6 Å². The molecular weight excluding hydrogens is 242 g/mol. The molecule has 0 aliphatic carbocycles. The molecule has 0 aliphatic rings. The summed E-state index contributed by atoms with van der Waals surface area (Å²) in [7, 11) is 1.54. The number of benzene rings is 1. The highest BCUT2D eigenvalue weighted by Crippen LogP contribution is 2.29. The lowest BCUT2D eigenvalue weighted by molar-refractivity contribution is 0.157. The Labute approximate surface area is 106 Å². The summed E-state index contributed by atoms with van der Waals surface area (Å²) in [6.45, 7) is 4.96. The summed E-state index contributed by atoms with van der Waals surface area (Å²) in [5.74, 6) is 0.902. The van der Waals surface area contributed by atoms with Gasteiger partial charge in [0.25, 0.3) is 0 Å². The minimum absolute atomic E-state index is 0.308. The molecule has 17 heavy (non-hydrogen) atoms. The average Bonchev–Trinajstić information content (AvgIpc) is 2.33. The Bertz CT molecular complexity index is 391. The van der Waals surface area contributed by atoms with Crippen LogP contribution in [0.15, 0.2) is 18.2 Å². The third kappa shape index (κ3) is 3.53. The maximum absolute atomic E-state index is 11.7. The first-order chi connectivity index (χ1) is 8.12. The Morgan fingerprint density at radius 3 is 2.53 bits per heavy atom. The topological polar surface area (TPSA) is 38.8 Å². The number of hydrogen-bond donors (Lipinski definition) is 0. The lowest BCUT2D eigenvalue weighted by atomic mass is 10.3. The molecule has 0 spiro atoms. The van der Waals surface area contributed by atoms with E-state index in [1.807, 2.05) is 13.8 Å². The summed E-state index contributed by atoms with van der Waals surface area (Å²) in [5, 5.41) is 0.381. The second-order valence-electron chi connectivity index (χ2n) is 3.34. The van der Waals surface area contributed by atoms with Gasteiger partial charge in [0.05, 0.1) is 12.1 Å². The van der Waals surface area contributed by atoms with Gasteiger partial charge in [0, 0.05) is 19.2 Å². The molecule has 1 amide bonds. The third-order valence-corrected chi connectivity index (χ3v) is 2.67. The zero-order valence-electron chi connectivity index (χ0n) is 10.2. The number of carbonyl (C=O) groups excluding carboxylic acids is 1. The third-order valence-electron chi connectivity index (χ3n) is 2.36. The van der Waals surface area contributed by atoms with E-state index in [9.17, 15) is 4.79 Å². The van der Waals surface area contributed by atoms with Crippen LogP contribution in [0.5, 0.6) is 11.5 Å². The van der Waals surface area contributed by atoms with Gasteiger partial charge in [-0.3, -0.25) is 0 Å². The van der Waals surface area contributed by atoms with Crippen molar-refractivity contribution in [2.75, 3.05) is 20.2 Å². The Balaban J connectivity index is 2.83. The standard InChI is InChI=1S/C12H16ClNO3/c1-4-14(5-2)12(15)17-11-8-9(16-3)6-7-10(11)13/h6-8H,4-5H2,1-3H3. The number of nitrogens with zero attached hydrogens (tertiary/aromatic N) is 1. The van der Waals surface area contributed by atoms with Crippen molar-refractivity contribution in [3.05, 3.63) is 23.2 Å². The lowest BCUT2D eigenvalue weighted by Crippen LogP contribution is -2.33. The van der Waals surface area contributed by atoms with Crippen molar-refractivity contribution in [2.45, 2.75) is 13.8 Å². The van der Waals surface area contributed by atoms with Gasteiger partial charge in [-0.25, -0.2) is 4.79 Å². The summed E-state index contributed by atoms with van der Waals surface area (Å²) in [4.78, 5) is 13.3. The second kappa shape index (κ2) is 6.35. The van der Waals surface area contributed by atoms with Crippen molar-refractivity contribution in [1.82, 2.24) is 4.90 Å². The molecule has 0 atom stereocenters. The van der Waals surface area contributed by atoms with Crippen LogP contribution in [0.3, 0.4) is 0 Å². The van der Waals surface area contributed by atoms with Gasteiger partial charge in [-0.05, 0) is 26.0 Å². The Morgan fingerprint density at radius 2 is 2.00 bits per heavy atom. The van der Waals surface area contributed by atoms with Crippen LogP contribution < -0.4 is 9.47 Å². The van der Waals surface area contributed by atoms with E-state index < -0.39 is 6.09 Å². The maximum atomic E-state index is 11.7. The van der Waals surface area contributed by atoms with Gasteiger partial charge in [0.1, 0.15) is 5.75 Å². The van der Waals surface area contributed by atoms with E-state index in [1.54, 1.807) is 30.2 Å². The fourth-order valence-corrected chi connectivity index (χ4v) is 1.49. The van der Waals surface area contributed by atoms with Crippen LogP contribution in [0.1, 0.15) is 13.8 Å². The van der Waals surface area contributed by atoms with E-state index in [2.05, 4.69) is 0 Å². The van der Waals surface area contributed by atoms with Gasteiger partial charge >= 0.3 is 6.09 Å². The molecule has 0 saturated carbocycles. The minimum atomic E-state index is -0.412. The zero-order valence-corrected chi connectivity index (χ0v) is 11.0. The number of methoxy groups -OCH3 is 1. The van der Waals surface area contributed by atoms with Gasteiger partial charge in [-0.2, -0.15) is 0 Å². The van der Waals surface area contributed by atoms with Gasteiger partial charge < -0.3 is 14.4 Å². The van der Waals surface area contributed by atoms with Crippen molar-refractivity contribution in [2.24, 2.45) is 0 Å². The molecule has 0 radical (unpaired) electrons. The molecule has 1 aromatic rings. The van der Waals surface area contributed by atoms with Crippen LogP contribution >= 0.6 is 11.6 Å². The predicted molar refractivity (Wildman–Crippen MR) is 66.9 cm³/mol. The Morgan fingerprint density at radius 1 is 1.35 bits per heavy atom. The second-order valence-corrected chi connectivity index (χ2v) is 3.74. The summed E-state index contributed by atoms with van der Waals surface area (Å²) in [5.41, 5.74) is 0. The predicted octanol–water partition coefficient (Wildman–Crippen LogP) is 3.19. The molecule has 5 heteroatoms. The molecule has 0 aliphatic heterocycles. The molecule has 0 unspecified atom stereocenters. The van der Waals surface area contributed by atoms with Crippen LogP contribution in [-0.2, 0) is 0 Å². The summed E-state index contributed by atoms with van der Waals surface area (Å²) < 4.78 is 10.2. The molecule has 0 fully saturated rings. The molecule has 1 rings (SSSR count). The highest BCUT2D eigenvalue weighted by Gasteiger charge is 2.14. The number of hydrogen-bond acceptors (Lipinski definition) is 3. The Kier molecular flexibility index (Phi) is 5.10. The average molecular weight is 258 g/mol. The molecule has 0 bridgehead atoms. The molecule has 4 nitrogen and oxygen atoms in total. The number of amides is 1. The van der Waals surface area contributed by atoms with E-state index in [0.29, 0.717) is 29.6 Å². The lowest BCUT2D eigenvalue weighted by Gasteiger charge is -2.18. The van der Waals surface area contributed by atoms with Crippen molar-refractivity contribution < 1.29 is 14.3 Å². The van der Waals surface area contributed by atoms with Crippen LogP contribution in [0.4, 0.5) is 4.79 Å². The summed E-state index contributed by atoms with van der Waals surface area (Å²) in [6, 6.07) is 4.92. The summed E-state index contributed by atoms with van der Waals surface area (Å²) >= 11 is 5.94. The van der Waals surface area contributed by atoms with E-state index in [-0.39, 0.29) is 0 Å². The van der Waals surface area contributed by atoms with Gasteiger partial charge in [0.2, 0.25) is 0 Å². The van der Waals surface area contributed by atoms with Crippen LogP contribution in [0.25, 0.3) is 0 Å². The monoisotopic (exact) mass is 257 g/mol. The highest BCUT2D eigenvalue weighted by molar-refractivity contribution is 6.32. The largest absolute Gasteiger partial charge is 0.497 e. The van der Waals surface area contributed by atoms with Crippen molar-refractivity contribution in [3.8, 4) is 11.5 Å². The van der Waals surface area contributed by atoms with E-state index in [1.165, 1.54) is 0 Å². The maximum Gasteiger partial charge on any atom is 0.415 e. The first-order valence-corrected chi connectivity index (χ1v) is 5.80. The van der Waals surface area contributed by atoms with E-state index in [4.69, 9.17) is 21.1 Å². The van der Waals surface area contributed by atoms with Crippen LogP contribution in [-0.4, -0.2) is 31.2 Å².